The first-order valence-electron chi connectivity index (χ1n) is 9.04. The fraction of sp³-hybridized carbons (Fsp3) is 0.350. The zero-order chi connectivity index (χ0) is 19.4. The minimum Gasteiger partial charge on any atom is -0.336 e. The number of benzene rings is 2. The van der Waals surface area contributed by atoms with Gasteiger partial charge in [-0.1, -0.05) is 36.4 Å². The Hall–Kier alpha value is -2.22. The van der Waals surface area contributed by atoms with Crippen molar-refractivity contribution in [3.8, 4) is 0 Å². The number of hydrogen-bond acceptors (Lipinski definition) is 4. The highest BCUT2D eigenvalue weighted by molar-refractivity contribution is 7.89. The van der Waals surface area contributed by atoms with Crippen molar-refractivity contribution in [1.29, 1.82) is 0 Å². The van der Waals surface area contributed by atoms with Crippen molar-refractivity contribution in [3.05, 3.63) is 65.2 Å². The summed E-state index contributed by atoms with van der Waals surface area (Å²) in [6, 6.07) is 14.4. The van der Waals surface area contributed by atoms with E-state index in [-0.39, 0.29) is 23.4 Å². The van der Waals surface area contributed by atoms with Crippen LogP contribution < -0.4 is 10.0 Å². The number of aryl methyl sites for hydroxylation is 1. The third-order valence-electron chi connectivity index (χ3n) is 4.69. The number of sulfonamides is 1. The lowest BCUT2D eigenvalue weighted by atomic mass is 10.1. The molecule has 1 saturated heterocycles. The minimum absolute atomic E-state index is 0.136. The summed E-state index contributed by atoms with van der Waals surface area (Å²) in [6.07, 6.45) is 0. The first-order chi connectivity index (χ1) is 12.9. The smallest absolute Gasteiger partial charge is 0.253 e. The average Bonchev–Trinajstić information content (AvgIpc) is 2.67. The second-order valence-electron chi connectivity index (χ2n) is 6.90. The molecule has 0 radical (unpaired) electrons. The largest absolute Gasteiger partial charge is 0.336 e. The molecule has 0 spiro atoms. The van der Waals surface area contributed by atoms with E-state index in [4.69, 9.17) is 0 Å². The summed E-state index contributed by atoms with van der Waals surface area (Å²) in [5.74, 6) is -0.136. The molecule has 1 heterocycles. The van der Waals surface area contributed by atoms with Gasteiger partial charge in [-0.15, -0.1) is 0 Å². The van der Waals surface area contributed by atoms with Crippen LogP contribution in [0.3, 0.4) is 0 Å². The molecule has 27 heavy (non-hydrogen) atoms. The monoisotopic (exact) mass is 387 g/mol. The van der Waals surface area contributed by atoms with Gasteiger partial charge in [-0.2, -0.15) is 0 Å². The summed E-state index contributed by atoms with van der Waals surface area (Å²) in [6.45, 7) is 5.93. The van der Waals surface area contributed by atoms with Gasteiger partial charge in [-0.05, 0) is 37.1 Å². The van der Waals surface area contributed by atoms with E-state index in [1.54, 1.807) is 24.0 Å². The third kappa shape index (κ3) is 4.74. The van der Waals surface area contributed by atoms with Crippen molar-refractivity contribution in [2.45, 2.75) is 31.3 Å². The predicted octanol–water partition coefficient (Wildman–Crippen LogP) is 1.91. The minimum atomic E-state index is -3.72. The van der Waals surface area contributed by atoms with Gasteiger partial charge in [0.05, 0.1) is 4.90 Å². The van der Waals surface area contributed by atoms with Crippen LogP contribution in [0.5, 0.6) is 0 Å². The maximum Gasteiger partial charge on any atom is 0.253 e. The van der Waals surface area contributed by atoms with Gasteiger partial charge in [0.15, 0.2) is 0 Å². The van der Waals surface area contributed by atoms with Crippen molar-refractivity contribution in [2.75, 3.05) is 19.6 Å². The summed E-state index contributed by atoms with van der Waals surface area (Å²) < 4.78 is 28.2. The standard InChI is InChI=1S/C20H25N3O3S/c1-15-8-9-18(20(24)23-11-10-21-16(2)14-23)12-19(15)27(25,26)22-13-17-6-4-3-5-7-17/h3-9,12,16,21-22H,10-11,13-14H2,1-2H3. The number of rotatable bonds is 5. The first kappa shape index (κ1) is 19.5. The van der Waals surface area contributed by atoms with Gasteiger partial charge in [0.25, 0.3) is 5.91 Å². The van der Waals surface area contributed by atoms with Crippen LogP contribution >= 0.6 is 0 Å². The second-order valence-corrected chi connectivity index (χ2v) is 8.63. The Bertz CT molecular complexity index is 913. The van der Waals surface area contributed by atoms with E-state index < -0.39 is 10.0 Å². The van der Waals surface area contributed by atoms with Crippen LogP contribution in [0.25, 0.3) is 0 Å². The molecular weight excluding hydrogens is 362 g/mol. The number of carbonyl (C=O) groups is 1. The maximum absolute atomic E-state index is 12.8. The van der Waals surface area contributed by atoms with Gasteiger partial charge in [-0.3, -0.25) is 4.79 Å². The highest BCUT2D eigenvalue weighted by Gasteiger charge is 2.24. The molecule has 1 aliphatic rings. The van der Waals surface area contributed by atoms with Gasteiger partial charge in [-0.25, -0.2) is 13.1 Å². The lowest BCUT2D eigenvalue weighted by molar-refractivity contribution is 0.0709. The van der Waals surface area contributed by atoms with Gasteiger partial charge in [0, 0.05) is 37.8 Å². The van der Waals surface area contributed by atoms with Crippen LogP contribution in [0.4, 0.5) is 0 Å². The molecule has 2 N–H and O–H groups in total. The Morgan fingerprint density at radius 2 is 1.96 bits per heavy atom. The van der Waals surface area contributed by atoms with E-state index in [9.17, 15) is 13.2 Å². The maximum atomic E-state index is 12.8. The predicted molar refractivity (Wildman–Crippen MR) is 105 cm³/mol. The molecule has 3 rings (SSSR count). The molecule has 1 atom stereocenters. The van der Waals surface area contributed by atoms with Crippen molar-refractivity contribution in [1.82, 2.24) is 14.9 Å². The Balaban J connectivity index is 1.80. The van der Waals surface area contributed by atoms with E-state index in [2.05, 4.69) is 10.0 Å². The Labute approximate surface area is 160 Å². The molecule has 1 fully saturated rings. The zero-order valence-corrected chi connectivity index (χ0v) is 16.4. The summed E-state index contributed by atoms with van der Waals surface area (Å²) in [5, 5.41) is 3.30. The number of carbonyl (C=O) groups excluding carboxylic acids is 1. The summed E-state index contributed by atoms with van der Waals surface area (Å²) in [7, 11) is -3.72. The molecule has 0 aliphatic carbocycles. The molecule has 1 aliphatic heterocycles. The van der Waals surface area contributed by atoms with E-state index in [1.807, 2.05) is 37.3 Å². The van der Waals surface area contributed by atoms with E-state index in [1.165, 1.54) is 6.07 Å². The molecule has 0 bridgehead atoms. The number of amides is 1. The number of hydrogen-bond donors (Lipinski definition) is 2. The van der Waals surface area contributed by atoms with Crippen LogP contribution in [0.15, 0.2) is 53.4 Å². The molecular formula is C20H25N3O3S. The Kier molecular flexibility index (Phi) is 5.94. The van der Waals surface area contributed by atoms with Gasteiger partial charge >= 0.3 is 0 Å². The highest BCUT2D eigenvalue weighted by Crippen LogP contribution is 2.19. The molecule has 6 nitrogen and oxygen atoms in total. The van der Waals surface area contributed by atoms with Crippen LogP contribution in [0, 0.1) is 6.92 Å². The lowest BCUT2D eigenvalue weighted by Gasteiger charge is -2.32. The molecule has 2 aromatic carbocycles. The van der Waals surface area contributed by atoms with Gasteiger partial charge in [0.2, 0.25) is 10.0 Å². The molecule has 1 amide bonds. The SMILES string of the molecule is Cc1ccc(C(=O)N2CCNC(C)C2)cc1S(=O)(=O)NCc1ccccc1. The highest BCUT2D eigenvalue weighted by atomic mass is 32.2. The van der Waals surface area contributed by atoms with Crippen LogP contribution in [-0.4, -0.2) is 44.9 Å². The topological polar surface area (TPSA) is 78.5 Å². The summed E-state index contributed by atoms with van der Waals surface area (Å²) in [4.78, 5) is 14.7. The Morgan fingerprint density at radius 3 is 2.67 bits per heavy atom. The van der Waals surface area contributed by atoms with Gasteiger partial charge in [0.1, 0.15) is 0 Å². The molecule has 144 valence electrons. The third-order valence-corrected chi connectivity index (χ3v) is 6.23. The van der Waals surface area contributed by atoms with E-state index >= 15 is 0 Å². The molecule has 0 saturated carbocycles. The molecule has 1 unspecified atom stereocenters. The van der Waals surface area contributed by atoms with Crippen LogP contribution in [0.2, 0.25) is 0 Å². The number of piperazine rings is 1. The van der Waals surface area contributed by atoms with Crippen molar-refractivity contribution in [2.24, 2.45) is 0 Å². The Morgan fingerprint density at radius 1 is 1.22 bits per heavy atom. The quantitative estimate of drug-likeness (QED) is 0.822. The normalized spacial score (nSPS) is 17.7. The fourth-order valence-corrected chi connectivity index (χ4v) is 4.46. The van der Waals surface area contributed by atoms with E-state index in [0.717, 1.165) is 12.1 Å². The first-order valence-corrected chi connectivity index (χ1v) is 10.5. The van der Waals surface area contributed by atoms with E-state index in [0.29, 0.717) is 24.2 Å². The van der Waals surface area contributed by atoms with Crippen molar-refractivity contribution < 1.29 is 13.2 Å². The fourth-order valence-electron chi connectivity index (χ4n) is 3.17. The average molecular weight is 388 g/mol. The van der Waals surface area contributed by atoms with Crippen molar-refractivity contribution in [3.63, 3.8) is 0 Å². The van der Waals surface area contributed by atoms with Crippen LogP contribution in [0.1, 0.15) is 28.4 Å². The summed E-state index contributed by atoms with van der Waals surface area (Å²) in [5.41, 5.74) is 1.89. The van der Waals surface area contributed by atoms with Gasteiger partial charge < -0.3 is 10.2 Å². The second kappa shape index (κ2) is 8.21. The molecule has 7 heteroatoms. The molecule has 2 aromatic rings. The van der Waals surface area contributed by atoms with Crippen LogP contribution in [-0.2, 0) is 16.6 Å². The number of nitrogens with one attached hydrogen (secondary N) is 2. The lowest BCUT2D eigenvalue weighted by Crippen LogP contribution is -2.51. The summed E-state index contributed by atoms with van der Waals surface area (Å²) >= 11 is 0. The zero-order valence-electron chi connectivity index (χ0n) is 15.6. The number of nitrogens with zero attached hydrogens (tertiary/aromatic N) is 1. The van der Waals surface area contributed by atoms with Crippen molar-refractivity contribution >= 4 is 15.9 Å². The molecule has 0 aromatic heterocycles.